The van der Waals surface area contributed by atoms with Crippen LogP contribution in [0.15, 0.2) is 45.9 Å². The standard InChI is InChI=1S/C12H12INO3S/c1-9-2-4-11(5-3-9)18(15,16)14-8-10-6-7-17-12(10)13/h2-7,14H,8H2,1H3. The van der Waals surface area contributed by atoms with Gasteiger partial charge in [0.25, 0.3) is 0 Å². The second-order valence-corrected chi connectivity index (χ2v) is 6.60. The molecule has 0 aliphatic carbocycles. The Kier molecular flexibility index (Phi) is 4.08. The fourth-order valence-electron chi connectivity index (χ4n) is 1.42. The lowest BCUT2D eigenvalue weighted by Crippen LogP contribution is -2.23. The first kappa shape index (κ1) is 13.6. The van der Waals surface area contributed by atoms with Crippen molar-refractivity contribution in [3.63, 3.8) is 0 Å². The Hall–Kier alpha value is -0.860. The van der Waals surface area contributed by atoms with Crippen molar-refractivity contribution in [3.8, 4) is 0 Å². The molecular weight excluding hydrogens is 365 g/mol. The number of benzene rings is 1. The van der Waals surface area contributed by atoms with E-state index in [9.17, 15) is 8.42 Å². The average Bonchev–Trinajstić information content (AvgIpc) is 2.73. The molecule has 1 aromatic heterocycles. The zero-order chi connectivity index (χ0) is 13.2. The minimum absolute atomic E-state index is 0.227. The molecule has 0 saturated heterocycles. The van der Waals surface area contributed by atoms with E-state index in [4.69, 9.17) is 4.42 Å². The van der Waals surface area contributed by atoms with Crippen LogP contribution in [0, 0.1) is 10.7 Å². The van der Waals surface area contributed by atoms with Crippen molar-refractivity contribution in [3.05, 3.63) is 51.5 Å². The number of rotatable bonds is 4. The van der Waals surface area contributed by atoms with Crippen molar-refractivity contribution in [2.24, 2.45) is 0 Å². The maximum Gasteiger partial charge on any atom is 0.240 e. The van der Waals surface area contributed by atoms with Crippen LogP contribution in [-0.2, 0) is 16.6 Å². The van der Waals surface area contributed by atoms with Crippen molar-refractivity contribution in [2.75, 3.05) is 0 Å². The summed E-state index contributed by atoms with van der Waals surface area (Å²) in [4.78, 5) is 0.270. The number of furan rings is 1. The first-order chi connectivity index (χ1) is 8.49. The Labute approximate surface area is 120 Å². The van der Waals surface area contributed by atoms with Crippen LogP contribution in [0.1, 0.15) is 11.1 Å². The van der Waals surface area contributed by atoms with Crippen molar-refractivity contribution in [1.29, 1.82) is 0 Å². The van der Waals surface area contributed by atoms with Crippen molar-refractivity contribution in [2.45, 2.75) is 18.4 Å². The molecule has 1 heterocycles. The summed E-state index contributed by atoms with van der Waals surface area (Å²) < 4.78 is 32.4. The van der Waals surface area contributed by atoms with Gasteiger partial charge in [0, 0.05) is 12.1 Å². The molecular formula is C12H12INO3S. The van der Waals surface area contributed by atoms with Gasteiger partial charge in [0.15, 0.2) is 3.77 Å². The lowest BCUT2D eigenvalue weighted by atomic mass is 10.2. The Balaban J connectivity index is 2.13. The van der Waals surface area contributed by atoms with Gasteiger partial charge in [-0.1, -0.05) is 17.7 Å². The number of hydrogen-bond acceptors (Lipinski definition) is 3. The number of sulfonamides is 1. The van der Waals surface area contributed by atoms with Gasteiger partial charge in [-0.2, -0.15) is 0 Å². The van der Waals surface area contributed by atoms with Crippen LogP contribution >= 0.6 is 22.6 Å². The zero-order valence-electron chi connectivity index (χ0n) is 9.68. The maximum atomic E-state index is 12.0. The van der Waals surface area contributed by atoms with Gasteiger partial charge in [0.1, 0.15) is 0 Å². The second kappa shape index (κ2) is 5.41. The van der Waals surface area contributed by atoms with Gasteiger partial charge in [-0.3, -0.25) is 0 Å². The fraction of sp³-hybridized carbons (Fsp3) is 0.167. The van der Waals surface area contributed by atoms with Gasteiger partial charge >= 0.3 is 0 Å². The molecule has 18 heavy (non-hydrogen) atoms. The van der Waals surface area contributed by atoms with E-state index in [1.165, 1.54) is 6.26 Å². The fourth-order valence-corrected chi connectivity index (χ4v) is 2.94. The van der Waals surface area contributed by atoms with Gasteiger partial charge in [0.2, 0.25) is 10.0 Å². The van der Waals surface area contributed by atoms with Crippen LogP contribution in [0.4, 0.5) is 0 Å². The third-order valence-corrected chi connectivity index (χ3v) is 4.84. The smallest absolute Gasteiger partial charge is 0.240 e. The van der Waals surface area contributed by atoms with Crippen molar-refractivity contribution in [1.82, 2.24) is 4.72 Å². The lowest BCUT2D eigenvalue weighted by Gasteiger charge is -2.06. The molecule has 96 valence electrons. The molecule has 0 spiro atoms. The van der Waals surface area contributed by atoms with Gasteiger partial charge in [-0.05, 0) is 47.7 Å². The summed E-state index contributed by atoms with van der Waals surface area (Å²) in [6, 6.07) is 8.49. The summed E-state index contributed by atoms with van der Waals surface area (Å²) in [7, 11) is -3.46. The molecule has 0 bridgehead atoms. The summed E-state index contributed by atoms with van der Waals surface area (Å²) in [6.07, 6.45) is 1.54. The monoisotopic (exact) mass is 377 g/mol. The highest BCUT2D eigenvalue weighted by atomic mass is 127. The molecule has 2 aromatic rings. The van der Waals surface area contributed by atoms with Crippen LogP contribution in [0.5, 0.6) is 0 Å². The molecule has 0 aliphatic heterocycles. The third-order valence-electron chi connectivity index (χ3n) is 2.48. The van der Waals surface area contributed by atoms with E-state index in [0.29, 0.717) is 3.77 Å². The second-order valence-electron chi connectivity index (χ2n) is 3.86. The summed E-state index contributed by atoms with van der Waals surface area (Å²) >= 11 is 2.02. The average molecular weight is 377 g/mol. The highest BCUT2D eigenvalue weighted by molar-refractivity contribution is 14.1. The minimum Gasteiger partial charge on any atom is -0.458 e. The Morgan fingerprint density at radius 3 is 2.44 bits per heavy atom. The van der Waals surface area contributed by atoms with Crippen LogP contribution in [0.3, 0.4) is 0 Å². The van der Waals surface area contributed by atoms with E-state index in [2.05, 4.69) is 4.72 Å². The molecule has 0 atom stereocenters. The third kappa shape index (κ3) is 3.12. The van der Waals surface area contributed by atoms with Crippen LogP contribution in [0.25, 0.3) is 0 Å². The topological polar surface area (TPSA) is 59.3 Å². The molecule has 2 rings (SSSR count). The summed E-state index contributed by atoms with van der Waals surface area (Å²) in [5.74, 6) is 0. The van der Waals surface area contributed by atoms with E-state index >= 15 is 0 Å². The number of halogens is 1. The maximum absolute atomic E-state index is 12.0. The SMILES string of the molecule is Cc1ccc(S(=O)(=O)NCc2ccoc2I)cc1. The molecule has 0 radical (unpaired) electrons. The lowest BCUT2D eigenvalue weighted by molar-refractivity contribution is 0.532. The van der Waals surface area contributed by atoms with E-state index in [-0.39, 0.29) is 11.4 Å². The molecule has 1 aromatic carbocycles. The van der Waals surface area contributed by atoms with E-state index in [1.807, 2.05) is 29.5 Å². The molecule has 4 nitrogen and oxygen atoms in total. The quantitative estimate of drug-likeness (QED) is 0.834. The molecule has 1 N–H and O–H groups in total. The van der Waals surface area contributed by atoms with Gasteiger partial charge in [-0.25, -0.2) is 13.1 Å². The van der Waals surface area contributed by atoms with Gasteiger partial charge in [0.05, 0.1) is 11.2 Å². The summed E-state index contributed by atoms with van der Waals surface area (Å²) in [5.41, 5.74) is 1.85. The summed E-state index contributed by atoms with van der Waals surface area (Å²) in [5, 5.41) is 0. The largest absolute Gasteiger partial charge is 0.458 e. The molecule has 0 fully saturated rings. The predicted octanol–water partition coefficient (Wildman–Crippen LogP) is 2.67. The zero-order valence-corrected chi connectivity index (χ0v) is 12.7. The highest BCUT2D eigenvalue weighted by Gasteiger charge is 2.14. The normalized spacial score (nSPS) is 11.7. The minimum atomic E-state index is -3.46. The number of nitrogens with one attached hydrogen (secondary N) is 1. The molecule has 0 amide bonds. The van der Waals surface area contributed by atoms with Gasteiger partial charge in [-0.15, -0.1) is 0 Å². The van der Waals surface area contributed by atoms with Gasteiger partial charge < -0.3 is 4.42 Å². The first-order valence-electron chi connectivity index (χ1n) is 5.27. The van der Waals surface area contributed by atoms with Crippen LogP contribution in [0.2, 0.25) is 0 Å². The number of hydrogen-bond donors (Lipinski definition) is 1. The van der Waals surface area contributed by atoms with Crippen LogP contribution in [-0.4, -0.2) is 8.42 Å². The van der Waals surface area contributed by atoms with E-state index in [1.54, 1.807) is 30.3 Å². The Morgan fingerprint density at radius 2 is 1.89 bits per heavy atom. The molecule has 0 aliphatic rings. The van der Waals surface area contributed by atoms with E-state index in [0.717, 1.165) is 11.1 Å². The Morgan fingerprint density at radius 1 is 1.22 bits per heavy atom. The van der Waals surface area contributed by atoms with Crippen LogP contribution < -0.4 is 4.72 Å². The molecule has 0 unspecified atom stereocenters. The highest BCUT2D eigenvalue weighted by Crippen LogP contribution is 2.15. The van der Waals surface area contributed by atoms with Crippen molar-refractivity contribution < 1.29 is 12.8 Å². The van der Waals surface area contributed by atoms with E-state index < -0.39 is 10.0 Å². The molecule has 0 saturated carbocycles. The molecule has 6 heteroatoms. The van der Waals surface area contributed by atoms with Crippen molar-refractivity contribution >= 4 is 32.6 Å². The Bertz CT molecular complexity index is 632. The first-order valence-corrected chi connectivity index (χ1v) is 7.83. The predicted molar refractivity (Wildman–Crippen MR) is 76.6 cm³/mol. The summed E-state index contributed by atoms with van der Waals surface area (Å²) in [6.45, 7) is 2.14. The number of aryl methyl sites for hydroxylation is 1.